The third-order valence-electron chi connectivity index (χ3n) is 2.24. The molecule has 2 rings (SSSR count). The number of nitrogens with two attached hydrogens (primary N) is 1. The van der Waals surface area contributed by atoms with Crippen molar-refractivity contribution in [3.8, 4) is 0 Å². The van der Waals surface area contributed by atoms with Crippen LogP contribution < -0.4 is 10.5 Å². The number of aromatic nitrogens is 1. The maximum absolute atomic E-state index is 13.5. The van der Waals surface area contributed by atoms with Gasteiger partial charge in [-0.2, -0.15) is 0 Å². The van der Waals surface area contributed by atoms with Crippen LogP contribution in [-0.4, -0.2) is 13.6 Å². The largest absolute Gasteiger partial charge is 0.399 e. The van der Waals surface area contributed by atoms with Crippen LogP contribution in [0.1, 0.15) is 5.69 Å². The number of anilines is 1. The van der Waals surface area contributed by atoms with Crippen molar-refractivity contribution >= 4 is 15.7 Å². The van der Waals surface area contributed by atoms with Gasteiger partial charge in [-0.05, 0) is 12.1 Å². The third-order valence-corrected chi connectivity index (χ3v) is 3.64. The Morgan fingerprint density at radius 3 is 2.74 bits per heavy atom. The van der Waals surface area contributed by atoms with Crippen molar-refractivity contribution < 1.29 is 21.7 Å². The summed E-state index contributed by atoms with van der Waals surface area (Å²) in [7, 11) is -4.24. The van der Waals surface area contributed by atoms with Crippen LogP contribution in [0.2, 0.25) is 0 Å². The van der Waals surface area contributed by atoms with Crippen molar-refractivity contribution in [2.75, 3.05) is 5.73 Å². The van der Waals surface area contributed by atoms with Gasteiger partial charge in [-0.3, -0.25) is 0 Å². The number of hydrogen-bond donors (Lipinski definition) is 2. The minimum absolute atomic E-state index is 0.194. The van der Waals surface area contributed by atoms with Crippen LogP contribution in [0.25, 0.3) is 0 Å². The van der Waals surface area contributed by atoms with E-state index in [0.717, 1.165) is 6.07 Å². The van der Waals surface area contributed by atoms with Crippen LogP contribution in [-0.2, 0) is 16.6 Å². The first kappa shape index (κ1) is 13.4. The highest BCUT2D eigenvalue weighted by Gasteiger charge is 2.22. The molecule has 19 heavy (non-hydrogen) atoms. The summed E-state index contributed by atoms with van der Waals surface area (Å²) in [5.41, 5.74) is 5.40. The van der Waals surface area contributed by atoms with Crippen molar-refractivity contribution in [2.45, 2.75) is 11.4 Å². The van der Waals surface area contributed by atoms with E-state index in [4.69, 9.17) is 5.73 Å². The molecule has 0 saturated heterocycles. The van der Waals surface area contributed by atoms with Crippen molar-refractivity contribution in [3.63, 3.8) is 0 Å². The van der Waals surface area contributed by atoms with Crippen LogP contribution in [0.15, 0.2) is 33.9 Å². The Labute approximate surface area is 107 Å². The van der Waals surface area contributed by atoms with Gasteiger partial charge in [0.2, 0.25) is 10.0 Å². The second-order valence-electron chi connectivity index (χ2n) is 3.63. The van der Waals surface area contributed by atoms with Crippen LogP contribution in [0.5, 0.6) is 0 Å². The van der Waals surface area contributed by atoms with Crippen molar-refractivity contribution in [3.05, 3.63) is 41.8 Å². The molecule has 0 aliphatic carbocycles. The molecule has 1 heterocycles. The van der Waals surface area contributed by atoms with Gasteiger partial charge in [0.1, 0.15) is 11.2 Å². The van der Waals surface area contributed by atoms with E-state index in [9.17, 15) is 17.2 Å². The summed E-state index contributed by atoms with van der Waals surface area (Å²) in [5.74, 6) is -2.82. The van der Waals surface area contributed by atoms with E-state index >= 15 is 0 Å². The van der Waals surface area contributed by atoms with Gasteiger partial charge in [-0.25, -0.2) is 21.9 Å². The smallest absolute Gasteiger partial charge is 0.244 e. The van der Waals surface area contributed by atoms with Crippen LogP contribution in [0.4, 0.5) is 14.5 Å². The molecule has 0 radical (unpaired) electrons. The number of sulfonamides is 1. The van der Waals surface area contributed by atoms with Gasteiger partial charge in [0.05, 0.1) is 12.2 Å². The Bertz CT molecular complexity index is 686. The van der Waals surface area contributed by atoms with Gasteiger partial charge in [0, 0.05) is 11.8 Å². The van der Waals surface area contributed by atoms with E-state index in [1.165, 1.54) is 12.3 Å². The summed E-state index contributed by atoms with van der Waals surface area (Å²) in [4.78, 5) is -0.853. The molecule has 1 aromatic heterocycles. The predicted molar refractivity (Wildman–Crippen MR) is 61.3 cm³/mol. The first-order valence-electron chi connectivity index (χ1n) is 5.03. The zero-order valence-corrected chi connectivity index (χ0v) is 10.2. The maximum atomic E-state index is 13.5. The normalized spacial score (nSPS) is 11.7. The molecule has 0 bridgehead atoms. The fourth-order valence-electron chi connectivity index (χ4n) is 1.35. The van der Waals surface area contributed by atoms with Gasteiger partial charge in [-0.15, -0.1) is 0 Å². The monoisotopic (exact) mass is 289 g/mol. The van der Waals surface area contributed by atoms with Crippen molar-refractivity contribution in [1.82, 2.24) is 9.88 Å². The van der Waals surface area contributed by atoms with Gasteiger partial charge >= 0.3 is 0 Å². The number of nitrogen functional groups attached to an aromatic ring is 1. The Balaban J connectivity index is 2.29. The van der Waals surface area contributed by atoms with E-state index in [2.05, 4.69) is 14.4 Å². The first-order valence-corrected chi connectivity index (χ1v) is 6.52. The Hall–Kier alpha value is -2.00. The van der Waals surface area contributed by atoms with Gasteiger partial charge in [0.25, 0.3) is 0 Å². The Morgan fingerprint density at radius 1 is 1.37 bits per heavy atom. The van der Waals surface area contributed by atoms with Gasteiger partial charge in [0.15, 0.2) is 11.6 Å². The van der Waals surface area contributed by atoms with Crippen LogP contribution >= 0.6 is 0 Å². The zero-order valence-electron chi connectivity index (χ0n) is 9.43. The van der Waals surface area contributed by atoms with Crippen LogP contribution in [0.3, 0.4) is 0 Å². The molecule has 0 spiro atoms. The maximum Gasteiger partial charge on any atom is 0.244 e. The number of halogens is 2. The molecule has 3 N–H and O–H groups in total. The number of rotatable bonds is 4. The molecule has 0 aliphatic rings. The summed E-state index contributed by atoms with van der Waals surface area (Å²) in [6.45, 7) is -0.214. The molecular weight excluding hydrogens is 280 g/mol. The summed E-state index contributed by atoms with van der Waals surface area (Å²) in [6.07, 6.45) is 1.25. The predicted octanol–water partition coefficient (Wildman–Crippen LogP) is 1.01. The van der Waals surface area contributed by atoms with Gasteiger partial charge in [-0.1, -0.05) is 5.16 Å². The van der Waals surface area contributed by atoms with E-state index in [1.54, 1.807) is 0 Å². The fourth-order valence-corrected chi connectivity index (χ4v) is 2.47. The molecule has 1 aromatic carbocycles. The molecule has 2 aromatic rings. The molecule has 6 nitrogen and oxygen atoms in total. The SMILES string of the molecule is Nc1cc(F)c(F)c(S(=O)(=O)NCc2ccon2)c1. The summed E-state index contributed by atoms with van der Waals surface area (Å²) >= 11 is 0. The summed E-state index contributed by atoms with van der Waals surface area (Å²) < 4.78 is 56.8. The van der Waals surface area contributed by atoms with Crippen molar-refractivity contribution in [2.24, 2.45) is 0 Å². The highest BCUT2D eigenvalue weighted by molar-refractivity contribution is 7.89. The van der Waals surface area contributed by atoms with Crippen LogP contribution in [0, 0.1) is 11.6 Å². The minimum atomic E-state index is -4.24. The summed E-state index contributed by atoms with van der Waals surface area (Å²) in [5, 5.41) is 3.48. The molecule has 9 heteroatoms. The molecule has 0 saturated carbocycles. The van der Waals surface area contributed by atoms with E-state index < -0.39 is 26.6 Å². The third kappa shape index (κ3) is 2.88. The van der Waals surface area contributed by atoms with E-state index in [0.29, 0.717) is 11.8 Å². The van der Waals surface area contributed by atoms with E-state index in [-0.39, 0.29) is 12.2 Å². The lowest BCUT2D eigenvalue weighted by molar-refractivity contribution is 0.410. The van der Waals surface area contributed by atoms with Gasteiger partial charge < -0.3 is 10.3 Å². The molecule has 0 atom stereocenters. The Kier molecular flexibility index (Phi) is 3.49. The highest BCUT2D eigenvalue weighted by atomic mass is 32.2. The molecular formula is C10H9F2N3O3S. The van der Waals surface area contributed by atoms with Crippen molar-refractivity contribution in [1.29, 1.82) is 0 Å². The topological polar surface area (TPSA) is 98.2 Å². The average molecular weight is 289 g/mol. The second kappa shape index (κ2) is 4.94. The Morgan fingerprint density at radius 2 is 2.11 bits per heavy atom. The average Bonchev–Trinajstić information content (AvgIpc) is 2.84. The minimum Gasteiger partial charge on any atom is -0.399 e. The number of nitrogens with zero attached hydrogens (tertiary/aromatic N) is 1. The molecule has 0 unspecified atom stereocenters. The quantitative estimate of drug-likeness (QED) is 0.819. The molecule has 0 aliphatic heterocycles. The van der Waals surface area contributed by atoms with E-state index in [1.807, 2.05) is 0 Å². The lowest BCUT2D eigenvalue weighted by Gasteiger charge is -2.07. The number of hydrogen-bond acceptors (Lipinski definition) is 5. The lowest BCUT2D eigenvalue weighted by atomic mass is 10.3. The molecule has 0 fully saturated rings. The number of benzene rings is 1. The number of nitrogens with one attached hydrogen (secondary N) is 1. The molecule has 102 valence electrons. The zero-order chi connectivity index (χ0) is 14.0. The lowest BCUT2D eigenvalue weighted by Crippen LogP contribution is -2.25. The fraction of sp³-hybridized carbons (Fsp3) is 0.100. The first-order chi connectivity index (χ1) is 8.90. The standard InChI is InChI=1S/C10H9F2N3O3S/c11-8-3-6(13)4-9(10(8)12)19(16,17)14-5-7-1-2-18-15-7/h1-4,14H,5,13H2. The highest BCUT2D eigenvalue weighted by Crippen LogP contribution is 2.21. The summed E-state index contributed by atoms with van der Waals surface area (Å²) in [6, 6.07) is 2.97. The molecule has 0 amide bonds. The second-order valence-corrected chi connectivity index (χ2v) is 5.37.